The first-order valence-corrected chi connectivity index (χ1v) is 7.88. The van der Waals surface area contributed by atoms with Crippen molar-refractivity contribution in [3.63, 3.8) is 0 Å². The van der Waals surface area contributed by atoms with Gasteiger partial charge in [0.2, 0.25) is 0 Å². The molecule has 0 spiro atoms. The van der Waals surface area contributed by atoms with E-state index in [1.807, 2.05) is 4.68 Å². The molecule has 1 unspecified atom stereocenters. The number of hydrogen-bond acceptors (Lipinski definition) is 5. The van der Waals surface area contributed by atoms with Crippen LogP contribution >= 0.6 is 0 Å². The molecule has 0 radical (unpaired) electrons. The third-order valence-corrected chi connectivity index (χ3v) is 4.60. The van der Waals surface area contributed by atoms with Crippen molar-refractivity contribution < 1.29 is 0 Å². The molecule has 124 valence electrons. The molecule has 2 aromatic rings. The first-order valence-electron chi connectivity index (χ1n) is 7.88. The summed E-state index contributed by atoms with van der Waals surface area (Å²) >= 11 is 0. The molecule has 1 fully saturated rings. The first kappa shape index (κ1) is 15.7. The maximum Gasteiger partial charge on any atom is 0.330 e. The minimum Gasteiger partial charge on any atom is -0.299 e. The van der Waals surface area contributed by atoms with Crippen LogP contribution in [-0.4, -0.2) is 41.4 Å². The Bertz CT molecular complexity index is 776. The Hall–Kier alpha value is -2.22. The van der Waals surface area contributed by atoms with Crippen LogP contribution in [0, 0.1) is 0 Å². The van der Waals surface area contributed by atoms with Crippen molar-refractivity contribution in [2.24, 2.45) is 14.1 Å². The normalized spacial score (nSPS) is 19.1. The highest BCUT2D eigenvalue weighted by Gasteiger charge is 2.24. The number of rotatable bonds is 4. The highest BCUT2D eigenvalue weighted by atomic mass is 16.2. The zero-order chi connectivity index (χ0) is 16.4. The maximum absolute atomic E-state index is 12.1. The fraction of sp³-hybridized carbons (Fsp3) is 0.600. The lowest BCUT2D eigenvalue weighted by Gasteiger charge is -2.35. The van der Waals surface area contributed by atoms with Gasteiger partial charge in [0.1, 0.15) is 12.7 Å². The van der Waals surface area contributed by atoms with E-state index in [1.165, 1.54) is 19.8 Å². The van der Waals surface area contributed by atoms with Crippen LogP contribution < -0.4 is 11.2 Å². The molecule has 8 heteroatoms. The summed E-state index contributed by atoms with van der Waals surface area (Å²) in [5, 5.41) is 4.18. The second-order valence-corrected chi connectivity index (χ2v) is 6.11. The molecule has 0 amide bonds. The van der Waals surface area contributed by atoms with Gasteiger partial charge in [0, 0.05) is 38.4 Å². The number of piperidine rings is 1. The molecule has 8 nitrogen and oxygen atoms in total. The van der Waals surface area contributed by atoms with Gasteiger partial charge in [-0.15, -0.1) is 0 Å². The van der Waals surface area contributed by atoms with Crippen LogP contribution in [-0.2, 0) is 27.2 Å². The lowest BCUT2D eigenvalue weighted by Crippen LogP contribution is -2.44. The summed E-state index contributed by atoms with van der Waals surface area (Å²) in [5.41, 5.74) is 0.217. The summed E-state index contributed by atoms with van der Waals surface area (Å²) in [6, 6.07) is 1.90. The Balaban J connectivity index is 1.82. The Kier molecular flexibility index (Phi) is 4.42. The molecule has 1 atom stereocenters. The van der Waals surface area contributed by atoms with Crippen LogP contribution in [0.15, 0.2) is 28.3 Å². The minimum absolute atomic E-state index is 0.257. The number of nitrogens with zero attached hydrogens (tertiary/aromatic N) is 6. The molecule has 3 rings (SSSR count). The van der Waals surface area contributed by atoms with Crippen LogP contribution in [0.1, 0.15) is 25.0 Å². The molecule has 0 aromatic carbocycles. The van der Waals surface area contributed by atoms with Crippen LogP contribution in [0.2, 0.25) is 0 Å². The predicted octanol–water partition coefficient (Wildman–Crippen LogP) is -0.270. The standard InChI is InChI=1S/C15H22N6O2/c1-18-13(7-14(22)19(2)15(18)23)8-20-6-4-3-5-12(20)9-21-11-16-10-17-21/h7,10-12H,3-6,8-9H2,1-2H3. The molecule has 0 bridgehead atoms. The molecular formula is C15H22N6O2. The van der Waals surface area contributed by atoms with Crippen molar-refractivity contribution in [1.82, 2.24) is 28.8 Å². The second kappa shape index (κ2) is 6.49. The summed E-state index contributed by atoms with van der Waals surface area (Å²) in [7, 11) is 3.22. The fourth-order valence-electron chi connectivity index (χ4n) is 3.16. The van der Waals surface area contributed by atoms with Gasteiger partial charge in [-0.05, 0) is 19.4 Å². The van der Waals surface area contributed by atoms with Crippen molar-refractivity contribution in [3.8, 4) is 0 Å². The zero-order valence-corrected chi connectivity index (χ0v) is 13.6. The quantitative estimate of drug-likeness (QED) is 0.775. The van der Waals surface area contributed by atoms with Gasteiger partial charge in [-0.3, -0.25) is 23.5 Å². The van der Waals surface area contributed by atoms with Gasteiger partial charge in [-0.1, -0.05) is 6.42 Å². The van der Waals surface area contributed by atoms with Crippen molar-refractivity contribution >= 4 is 0 Å². The van der Waals surface area contributed by atoms with E-state index in [2.05, 4.69) is 15.0 Å². The van der Waals surface area contributed by atoms with Gasteiger partial charge >= 0.3 is 5.69 Å². The van der Waals surface area contributed by atoms with E-state index in [9.17, 15) is 9.59 Å². The monoisotopic (exact) mass is 318 g/mol. The predicted molar refractivity (Wildman–Crippen MR) is 85.0 cm³/mol. The number of aromatic nitrogens is 5. The van der Waals surface area contributed by atoms with Crippen molar-refractivity contribution in [3.05, 3.63) is 45.3 Å². The van der Waals surface area contributed by atoms with Crippen molar-refractivity contribution in [2.75, 3.05) is 6.54 Å². The average Bonchev–Trinajstić information content (AvgIpc) is 3.05. The van der Waals surface area contributed by atoms with E-state index in [-0.39, 0.29) is 11.2 Å². The summed E-state index contributed by atoms with van der Waals surface area (Å²) in [4.78, 5) is 30.3. The van der Waals surface area contributed by atoms with Gasteiger partial charge < -0.3 is 0 Å². The van der Waals surface area contributed by atoms with Gasteiger partial charge in [-0.2, -0.15) is 5.10 Å². The molecule has 23 heavy (non-hydrogen) atoms. The highest BCUT2D eigenvalue weighted by Crippen LogP contribution is 2.20. The van der Waals surface area contributed by atoms with Crippen molar-refractivity contribution in [2.45, 2.75) is 38.4 Å². The second-order valence-electron chi connectivity index (χ2n) is 6.11. The lowest BCUT2D eigenvalue weighted by molar-refractivity contribution is 0.118. The summed E-state index contributed by atoms with van der Waals surface area (Å²) in [6.07, 6.45) is 6.66. The molecule has 1 saturated heterocycles. The highest BCUT2D eigenvalue weighted by molar-refractivity contribution is 5.03. The van der Waals surface area contributed by atoms with Crippen LogP contribution in [0.25, 0.3) is 0 Å². The van der Waals surface area contributed by atoms with E-state index in [4.69, 9.17) is 0 Å². The SMILES string of the molecule is Cn1c(CN2CCCCC2Cn2cncn2)cc(=O)n(C)c1=O. The molecule has 0 N–H and O–H groups in total. The molecule has 1 aliphatic rings. The largest absolute Gasteiger partial charge is 0.330 e. The maximum atomic E-state index is 12.1. The molecule has 0 saturated carbocycles. The van der Waals surface area contributed by atoms with E-state index >= 15 is 0 Å². The van der Waals surface area contributed by atoms with Gasteiger partial charge in [-0.25, -0.2) is 9.78 Å². The van der Waals surface area contributed by atoms with E-state index in [0.717, 1.165) is 36.2 Å². The first-order chi connectivity index (χ1) is 11.1. The van der Waals surface area contributed by atoms with Gasteiger partial charge in [0.15, 0.2) is 0 Å². The molecule has 3 heterocycles. The lowest BCUT2D eigenvalue weighted by atomic mass is 10.0. The summed E-state index contributed by atoms with van der Waals surface area (Å²) in [6.45, 7) is 2.34. The van der Waals surface area contributed by atoms with Crippen LogP contribution in [0.3, 0.4) is 0 Å². The number of likely N-dealkylation sites (tertiary alicyclic amines) is 1. The third kappa shape index (κ3) is 3.26. The molecular weight excluding hydrogens is 296 g/mol. The van der Waals surface area contributed by atoms with Crippen LogP contribution in [0.4, 0.5) is 0 Å². The minimum atomic E-state index is -0.280. The zero-order valence-electron chi connectivity index (χ0n) is 13.6. The molecule has 2 aromatic heterocycles. The number of hydrogen-bond donors (Lipinski definition) is 0. The summed E-state index contributed by atoms with van der Waals surface area (Å²) < 4.78 is 4.53. The molecule has 0 aliphatic carbocycles. The van der Waals surface area contributed by atoms with E-state index in [0.29, 0.717) is 12.6 Å². The summed E-state index contributed by atoms with van der Waals surface area (Å²) in [5.74, 6) is 0. The fourth-order valence-corrected chi connectivity index (χ4v) is 3.16. The molecule has 1 aliphatic heterocycles. The Morgan fingerprint density at radius 1 is 1.22 bits per heavy atom. The Morgan fingerprint density at radius 3 is 2.78 bits per heavy atom. The Labute approximate surface area is 134 Å². The third-order valence-electron chi connectivity index (χ3n) is 4.60. The topological polar surface area (TPSA) is 78.0 Å². The van der Waals surface area contributed by atoms with E-state index < -0.39 is 0 Å². The van der Waals surface area contributed by atoms with Gasteiger partial charge in [0.05, 0.1) is 6.54 Å². The van der Waals surface area contributed by atoms with Crippen molar-refractivity contribution in [1.29, 1.82) is 0 Å². The van der Waals surface area contributed by atoms with Gasteiger partial charge in [0.25, 0.3) is 5.56 Å². The smallest absolute Gasteiger partial charge is 0.299 e. The van der Waals surface area contributed by atoms with Crippen LogP contribution in [0.5, 0.6) is 0 Å². The Morgan fingerprint density at radius 2 is 2.04 bits per heavy atom. The average molecular weight is 318 g/mol. The van der Waals surface area contributed by atoms with E-state index in [1.54, 1.807) is 24.0 Å².